The second-order valence-electron chi connectivity index (χ2n) is 7.15. The Labute approximate surface area is 142 Å². The highest BCUT2D eigenvalue weighted by Crippen LogP contribution is 2.30. The van der Waals surface area contributed by atoms with Crippen molar-refractivity contribution in [1.29, 1.82) is 0 Å². The molecule has 0 radical (unpaired) electrons. The largest absolute Gasteiger partial charge is 0.370 e. The normalized spacial score (nSPS) is 29.0. The van der Waals surface area contributed by atoms with E-state index in [1.165, 1.54) is 0 Å². The van der Waals surface area contributed by atoms with Crippen LogP contribution in [0.25, 0.3) is 0 Å². The molecule has 3 aliphatic heterocycles. The van der Waals surface area contributed by atoms with E-state index in [1.54, 1.807) is 6.20 Å². The fourth-order valence-corrected chi connectivity index (χ4v) is 3.96. The maximum Gasteiger partial charge on any atom is 0.236 e. The topological polar surface area (TPSA) is 66.7 Å². The molecule has 8 heteroatoms. The molecule has 2 fully saturated rings. The zero-order valence-electron chi connectivity index (χ0n) is 14.3. The summed E-state index contributed by atoms with van der Waals surface area (Å²) >= 11 is 0. The third-order valence-electron chi connectivity index (χ3n) is 5.45. The van der Waals surface area contributed by atoms with E-state index in [2.05, 4.69) is 27.2 Å². The molecule has 132 valence electrons. The monoisotopic (exact) mass is 334 g/mol. The highest BCUT2D eigenvalue weighted by molar-refractivity contribution is 5.78. The SMILES string of the molecule is CN1CCCN(CC(=O)N2CC[C@H]3OCc4cnnn4[C@H]3C2)CC1. The minimum Gasteiger partial charge on any atom is -0.370 e. The summed E-state index contributed by atoms with van der Waals surface area (Å²) in [5.41, 5.74) is 1.00. The summed E-state index contributed by atoms with van der Waals surface area (Å²) in [6.07, 6.45) is 3.91. The molecule has 2 saturated heterocycles. The molecule has 1 aromatic heterocycles. The smallest absolute Gasteiger partial charge is 0.236 e. The summed E-state index contributed by atoms with van der Waals surface area (Å²) in [5.74, 6) is 0.227. The van der Waals surface area contributed by atoms with Crippen LogP contribution in [0.15, 0.2) is 6.20 Å². The van der Waals surface area contributed by atoms with Gasteiger partial charge in [0.1, 0.15) is 0 Å². The lowest BCUT2D eigenvalue weighted by atomic mass is 10.0. The average Bonchev–Trinajstić information content (AvgIpc) is 2.99. The van der Waals surface area contributed by atoms with Gasteiger partial charge in [-0.3, -0.25) is 9.69 Å². The Kier molecular flexibility index (Phi) is 4.51. The lowest BCUT2D eigenvalue weighted by Crippen LogP contribution is -2.52. The molecule has 1 amide bonds. The molecule has 1 aromatic rings. The number of rotatable bonds is 2. The zero-order chi connectivity index (χ0) is 16.5. The number of ether oxygens (including phenoxy) is 1. The van der Waals surface area contributed by atoms with E-state index in [9.17, 15) is 4.79 Å². The standard InChI is InChI=1S/C16H26N6O2/c1-19-4-2-5-20(8-7-19)11-16(23)21-6-3-15-14(10-21)22-13(12-24-15)9-17-18-22/h9,14-15H,2-8,10-12H2,1H3/t14-,15+/m0/s1. The number of nitrogens with zero attached hydrogens (tertiary/aromatic N) is 6. The maximum atomic E-state index is 12.8. The van der Waals surface area contributed by atoms with Crippen LogP contribution in [0, 0.1) is 0 Å². The van der Waals surface area contributed by atoms with Gasteiger partial charge in [-0.2, -0.15) is 0 Å². The van der Waals surface area contributed by atoms with Crippen molar-refractivity contribution >= 4 is 5.91 Å². The van der Waals surface area contributed by atoms with Crippen LogP contribution < -0.4 is 0 Å². The van der Waals surface area contributed by atoms with E-state index < -0.39 is 0 Å². The number of hydrogen-bond acceptors (Lipinski definition) is 6. The van der Waals surface area contributed by atoms with Crippen LogP contribution in [0.4, 0.5) is 0 Å². The lowest BCUT2D eigenvalue weighted by Gasteiger charge is -2.41. The Morgan fingerprint density at radius 3 is 3.12 bits per heavy atom. The van der Waals surface area contributed by atoms with Crippen LogP contribution >= 0.6 is 0 Å². The van der Waals surface area contributed by atoms with Gasteiger partial charge in [-0.1, -0.05) is 5.21 Å². The second kappa shape index (κ2) is 6.78. The summed E-state index contributed by atoms with van der Waals surface area (Å²) in [7, 11) is 2.15. The highest BCUT2D eigenvalue weighted by atomic mass is 16.5. The minimum absolute atomic E-state index is 0.101. The number of carbonyl (C=O) groups excluding carboxylic acids is 1. The molecule has 0 bridgehead atoms. The first-order valence-corrected chi connectivity index (χ1v) is 8.90. The molecule has 0 unspecified atom stereocenters. The number of piperidine rings is 1. The molecule has 4 heterocycles. The Hall–Kier alpha value is -1.51. The number of aromatic nitrogens is 3. The number of hydrogen-bond donors (Lipinski definition) is 0. The van der Waals surface area contributed by atoms with Crippen LogP contribution in [0.3, 0.4) is 0 Å². The first-order chi connectivity index (χ1) is 11.7. The van der Waals surface area contributed by atoms with E-state index in [1.807, 2.05) is 9.58 Å². The van der Waals surface area contributed by atoms with Crippen molar-refractivity contribution in [2.75, 3.05) is 52.9 Å². The molecule has 0 aliphatic carbocycles. The van der Waals surface area contributed by atoms with Crippen molar-refractivity contribution in [2.24, 2.45) is 0 Å². The summed E-state index contributed by atoms with van der Waals surface area (Å²) in [6, 6.07) is 0.101. The van der Waals surface area contributed by atoms with Gasteiger partial charge in [-0.25, -0.2) is 4.68 Å². The molecule has 0 aromatic carbocycles. The number of carbonyl (C=O) groups is 1. The van der Waals surface area contributed by atoms with Crippen molar-refractivity contribution in [1.82, 2.24) is 29.7 Å². The van der Waals surface area contributed by atoms with Crippen molar-refractivity contribution in [3.8, 4) is 0 Å². The predicted molar refractivity (Wildman–Crippen MR) is 87.4 cm³/mol. The van der Waals surface area contributed by atoms with Crippen LogP contribution in [0.1, 0.15) is 24.6 Å². The van der Waals surface area contributed by atoms with Gasteiger partial charge < -0.3 is 14.5 Å². The van der Waals surface area contributed by atoms with Crippen LogP contribution in [0.5, 0.6) is 0 Å². The summed E-state index contributed by atoms with van der Waals surface area (Å²) in [5, 5.41) is 8.20. The van der Waals surface area contributed by atoms with Crippen molar-refractivity contribution in [2.45, 2.75) is 31.6 Å². The Morgan fingerprint density at radius 1 is 1.29 bits per heavy atom. The molecule has 3 aliphatic rings. The van der Waals surface area contributed by atoms with E-state index >= 15 is 0 Å². The van der Waals surface area contributed by atoms with E-state index in [4.69, 9.17) is 4.74 Å². The molecular formula is C16H26N6O2. The maximum absolute atomic E-state index is 12.8. The molecule has 0 N–H and O–H groups in total. The number of likely N-dealkylation sites (N-methyl/N-ethyl adjacent to an activating group) is 1. The van der Waals surface area contributed by atoms with E-state index in [0.717, 1.165) is 51.3 Å². The Balaban J connectivity index is 1.38. The van der Waals surface area contributed by atoms with Gasteiger partial charge in [0, 0.05) is 26.2 Å². The first-order valence-electron chi connectivity index (χ1n) is 8.90. The predicted octanol–water partition coefficient (Wildman–Crippen LogP) is -0.412. The van der Waals surface area contributed by atoms with Crippen LogP contribution in [0.2, 0.25) is 0 Å². The highest BCUT2D eigenvalue weighted by Gasteiger charge is 2.38. The molecule has 24 heavy (non-hydrogen) atoms. The van der Waals surface area contributed by atoms with Gasteiger partial charge in [0.2, 0.25) is 5.91 Å². The second-order valence-corrected chi connectivity index (χ2v) is 7.15. The van der Waals surface area contributed by atoms with E-state index in [-0.39, 0.29) is 18.1 Å². The molecule has 4 rings (SSSR count). The molecule has 2 atom stereocenters. The summed E-state index contributed by atoms with van der Waals surface area (Å²) in [6.45, 7) is 6.68. The van der Waals surface area contributed by atoms with Gasteiger partial charge >= 0.3 is 0 Å². The minimum atomic E-state index is 0.101. The molecule has 0 saturated carbocycles. The quantitative estimate of drug-likeness (QED) is 0.732. The van der Waals surface area contributed by atoms with Crippen LogP contribution in [-0.4, -0.2) is 94.6 Å². The fourth-order valence-electron chi connectivity index (χ4n) is 3.96. The lowest BCUT2D eigenvalue weighted by molar-refractivity contribution is -0.139. The van der Waals surface area contributed by atoms with Crippen molar-refractivity contribution in [3.05, 3.63) is 11.9 Å². The summed E-state index contributed by atoms with van der Waals surface area (Å²) < 4.78 is 7.87. The first kappa shape index (κ1) is 16.0. The Morgan fingerprint density at radius 2 is 2.21 bits per heavy atom. The number of likely N-dealkylation sites (tertiary alicyclic amines) is 1. The third kappa shape index (κ3) is 3.18. The van der Waals surface area contributed by atoms with Gasteiger partial charge in [-0.05, 0) is 33.0 Å². The molecule has 0 spiro atoms. The zero-order valence-corrected chi connectivity index (χ0v) is 14.3. The third-order valence-corrected chi connectivity index (χ3v) is 5.45. The average molecular weight is 334 g/mol. The van der Waals surface area contributed by atoms with Crippen molar-refractivity contribution < 1.29 is 9.53 Å². The molecule has 8 nitrogen and oxygen atoms in total. The van der Waals surface area contributed by atoms with Crippen LogP contribution in [-0.2, 0) is 16.1 Å². The molecular weight excluding hydrogens is 308 g/mol. The number of fused-ring (bicyclic) bond motifs is 3. The van der Waals surface area contributed by atoms with E-state index in [0.29, 0.717) is 19.7 Å². The number of amides is 1. The fraction of sp³-hybridized carbons (Fsp3) is 0.812. The summed E-state index contributed by atoms with van der Waals surface area (Å²) in [4.78, 5) is 19.4. The Bertz CT molecular complexity index is 591. The van der Waals surface area contributed by atoms with Gasteiger partial charge in [0.05, 0.1) is 37.2 Å². The van der Waals surface area contributed by atoms with Gasteiger partial charge in [0.25, 0.3) is 0 Å². The van der Waals surface area contributed by atoms with Crippen molar-refractivity contribution in [3.63, 3.8) is 0 Å². The van der Waals surface area contributed by atoms with Gasteiger partial charge in [-0.15, -0.1) is 5.10 Å². The van der Waals surface area contributed by atoms with Gasteiger partial charge in [0.15, 0.2) is 0 Å².